The minimum atomic E-state index is -3.57. The van der Waals surface area contributed by atoms with Crippen LogP contribution in [0, 0.1) is 6.92 Å². The van der Waals surface area contributed by atoms with Crippen LogP contribution in [-0.4, -0.2) is 15.0 Å². The van der Waals surface area contributed by atoms with Gasteiger partial charge in [0.25, 0.3) is 10.0 Å². The third-order valence-corrected chi connectivity index (χ3v) is 4.84. The molecule has 2 aromatic carbocycles. The van der Waals surface area contributed by atoms with Gasteiger partial charge in [-0.25, -0.2) is 8.42 Å². The van der Waals surface area contributed by atoms with Crippen LogP contribution in [0.4, 0.5) is 5.69 Å². The van der Waals surface area contributed by atoms with E-state index in [1.807, 2.05) is 19.1 Å². The molecule has 0 aliphatic carbocycles. The molecule has 21 heavy (non-hydrogen) atoms. The zero-order valence-corrected chi connectivity index (χ0v) is 12.6. The first-order valence-electron chi connectivity index (χ1n) is 6.90. The Kier molecular flexibility index (Phi) is 3.59. The summed E-state index contributed by atoms with van der Waals surface area (Å²) in [6.07, 6.45) is 1.77. The summed E-state index contributed by atoms with van der Waals surface area (Å²) in [6.45, 7) is 2.62. The Morgan fingerprint density at radius 3 is 2.81 bits per heavy atom. The van der Waals surface area contributed by atoms with Crippen molar-refractivity contribution < 1.29 is 13.2 Å². The van der Waals surface area contributed by atoms with Crippen LogP contribution >= 0.6 is 0 Å². The van der Waals surface area contributed by atoms with Gasteiger partial charge in [-0.05, 0) is 61.2 Å². The van der Waals surface area contributed by atoms with Gasteiger partial charge >= 0.3 is 0 Å². The Hall–Kier alpha value is -2.01. The molecule has 2 aromatic rings. The van der Waals surface area contributed by atoms with Crippen LogP contribution < -0.4 is 9.46 Å². The molecule has 0 fully saturated rings. The van der Waals surface area contributed by atoms with Crippen LogP contribution in [0.1, 0.15) is 17.5 Å². The summed E-state index contributed by atoms with van der Waals surface area (Å²) in [7, 11) is -3.57. The molecule has 0 unspecified atom stereocenters. The first kappa shape index (κ1) is 13.9. The van der Waals surface area contributed by atoms with Crippen molar-refractivity contribution in [3.63, 3.8) is 0 Å². The third kappa shape index (κ3) is 3.03. The first-order valence-corrected chi connectivity index (χ1v) is 8.38. The van der Waals surface area contributed by atoms with E-state index in [9.17, 15) is 8.42 Å². The smallest absolute Gasteiger partial charge is 0.261 e. The molecule has 0 aromatic heterocycles. The fourth-order valence-corrected chi connectivity index (χ4v) is 3.53. The van der Waals surface area contributed by atoms with Crippen molar-refractivity contribution in [1.29, 1.82) is 0 Å². The normalized spacial score (nSPS) is 14.1. The Bertz CT molecular complexity index is 769. The van der Waals surface area contributed by atoms with Crippen molar-refractivity contribution in [1.82, 2.24) is 0 Å². The van der Waals surface area contributed by atoms with Gasteiger partial charge in [0.1, 0.15) is 5.75 Å². The molecular weight excluding hydrogens is 286 g/mol. The maximum absolute atomic E-state index is 12.4. The number of sulfonamides is 1. The fourth-order valence-electron chi connectivity index (χ4n) is 2.43. The second-order valence-electron chi connectivity index (χ2n) is 5.20. The van der Waals surface area contributed by atoms with Crippen LogP contribution in [-0.2, 0) is 16.4 Å². The number of anilines is 1. The van der Waals surface area contributed by atoms with Gasteiger partial charge < -0.3 is 4.74 Å². The number of hydrogen-bond donors (Lipinski definition) is 1. The molecule has 4 nitrogen and oxygen atoms in total. The van der Waals surface area contributed by atoms with E-state index in [0.717, 1.165) is 29.7 Å². The summed E-state index contributed by atoms with van der Waals surface area (Å²) in [6, 6.07) is 12.3. The van der Waals surface area contributed by atoms with Crippen molar-refractivity contribution in [2.24, 2.45) is 0 Å². The average Bonchev–Trinajstić information content (AvgIpc) is 2.46. The van der Waals surface area contributed by atoms with E-state index in [2.05, 4.69) is 4.72 Å². The average molecular weight is 303 g/mol. The van der Waals surface area contributed by atoms with E-state index in [0.29, 0.717) is 12.3 Å². The molecular formula is C16H17NO3S. The van der Waals surface area contributed by atoms with E-state index in [1.54, 1.807) is 30.3 Å². The minimum absolute atomic E-state index is 0.272. The van der Waals surface area contributed by atoms with E-state index < -0.39 is 10.0 Å². The lowest BCUT2D eigenvalue weighted by molar-refractivity contribution is 0.288. The lowest BCUT2D eigenvalue weighted by Crippen LogP contribution is -2.15. The predicted molar refractivity (Wildman–Crippen MR) is 82.2 cm³/mol. The topological polar surface area (TPSA) is 55.4 Å². The maximum atomic E-state index is 12.4. The maximum Gasteiger partial charge on any atom is 0.261 e. The number of nitrogens with one attached hydrogen (secondary N) is 1. The number of rotatable bonds is 3. The van der Waals surface area contributed by atoms with Crippen molar-refractivity contribution in [3.05, 3.63) is 53.6 Å². The second-order valence-corrected chi connectivity index (χ2v) is 6.88. The number of ether oxygens (including phenoxy) is 1. The van der Waals surface area contributed by atoms with Crippen molar-refractivity contribution >= 4 is 15.7 Å². The number of hydrogen-bond acceptors (Lipinski definition) is 3. The van der Waals surface area contributed by atoms with Gasteiger partial charge in [0.15, 0.2) is 0 Å². The molecule has 1 N–H and O–H groups in total. The lowest BCUT2D eigenvalue weighted by atomic mass is 10.1. The molecule has 1 aliphatic rings. The van der Waals surface area contributed by atoms with Gasteiger partial charge in [-0.2, -0.15) is 0 Å². The summed E-state index contributed by atoms with van der Waals surface area (Å²) < 4.78 is 33.0. The fraction of sp³-hybridized carbons (Fsp3) is 0.250. The molecule has 1 aliphatic heterocycles. The largest absolute Gasteiger partial charge is 0.493 e. The second kappa shape index (κ2) is 5.41. The highest BCUT2D eigenvalue weighted by Gasteiger charge is 2.18. The minimum Gasteiger partial charge on any atom is -0.493 e. The quantitative estimate of drug-likeness (QED) is 0.948. The summed E-state index contributed by atoms with van der Waals surface area (Å²) in [5.74, 6) is 0.788. The molecule has 0 saturated heterocycles. The summed E-state index contributed by atoms with van der Waals surface area (Å²) in [5, 5.41) is 0. The van der Waals surface area contributed by atoms with Crippen LogP contribution in [0.5, 0.6) is 5.75 Å². The number of aryl methyl sites for hydroxylation is 2. The summed E-state index contributed by atoms with van der Waals surface area (Å²) >= 11 is 0. The Morgan fingerprint density at radius 2 is 2.00 bits per heavy atom. The predicted octanol–water partition coefficient (Wildman–Crippen LogP) is 3.12. The Balaban J connectivity index is 1.91. The number of fused-ring (bicyclic) bond motifs is 1. The molecule has 5 heteroatoms. The Labute approximate surface area is 124 Å². The summed E-state index contributed by atoms with van der Waals surface area (Å²) in [4.78, 5) is 0.272. The van der Waals surface area contributed by atoms with Gasteiger partial charge in [-0.15, -0.1) is 0 Å². The summed E-state index contributed by atoms with van der Waals surface area (Å²) in [5.41, 5.74) is 2.53. The van der Waals surface area contributed by atoms with Gasteiger partial charge in [0.2, 0.25) is 0 Å². The van der Waals surface area contributed by atoms with Crippen LogP contribution in [0.25, 0.3) is 0 Å². The highest BCUT2D eigenvalue weighted by atomic mass is 32.2. The third-order valence-electron chi connectivity index (χ3n) is 3.46. The highest BCUT2D eigenvalue weighted by Crippen LogP contribution is 2.28. The van der Waals surface area contributed by atoms with Crippen molar-refractivity contribution in [2.45, 2.75) is 24.7 Å². The molecule has 0 radical (unpaired) electrons. The van der Waals surface area contributed by atoms with Gasteiger partial charge in [0, 0.05) is 5.69 Å². The molecule has 0 bridgehead atoms. The van der Waals surface area contributed by atoms with Gasteiger partial charge in [-0.1, -0.05) is 12.1 Å². The molecule has 0 spiro atoms. The van der Waals surface area contributed by atoms with E-state index >= 15 is 0 Å². The van der Waals surface area contributed by atoms with Gasteiger partial charge in [0.05, 0.1) is 11.5 Å². The van der Waals surface area contributed by atoms with Crippen LogP contribution in [0.2, 0.25) is 0 Å². The molecule has 1 heterocycles. The lowest BCUT2D eigenvalue weighted by Gasteiger charge is -2.18. The van der Waals surface area contributed by atoms with Crippen LogP contribution in [0.15, 0.2) is 47.4 Å². The Morgan fingerprint density at radius 1 is 1.14 bits per heavy atom. The monoisotopic (exact) mass is 303 g/mol. The zero-order chi connectivity index (χ0) is 14.9. The SMILES string of the molecule is Cc1cccc(NS(=O)(=O)c2ccc3c(c2)CCCO3)c1. The molecule has 110 valence electrons. The van der Waals surface area contributed by atoms with Gasteiger partial charge in [-0.3, -0.25) is 4.72 Å². The van der Waals surface area contributed by atoms with E-state index in [-0.39, 0.29) is 4.90 Å². The molecule has 0 atom stereocenters. The van der Waals surface area contributed by atoms with Crippen molar-refractivity contribution in [3.8, 4) is 5.75 Å². The van der Waals surface area contributed by atoms with Crippen molar-refractivity contribution in [2.75, 3.05) is 11.3 Å². The molecule has 0 amide bonds. The zero-order valence-electron chi connectivity index (χ0n) is 11.8. The number of benzene rings is 2. The van der Waals surface area contributed by atoms with Crippen LogP contribution in [0.3, 0.4) is 0 Å². The first-order chi connectivity index (χ1) is 10.0. The highest BCUT2D eigenvalue weighted by molar-refractivity contribution is 7.92. The molecule has 3 rings (SSSR count). The standard InChI is InChI=1S/C16H17NO3S/c1-12-4-2-6-14(10-12)17-21(18,19)15-7-8-16-13(11-15)5-3-9-20-16/h2,4,6-8,10-11,17H,3,5,9H2,1H3. The van der Waals surface area contributed by atoms with E-state index in [1.165, 1.54) is 0 Å². The van der Waals surface area contributed by atoms with E-state index in [4.69, 9.17) is 4.74 Å². The molecule has 0 saturated carbocycles.